The molecule has 0 bridgehead atoms. The number of carbonyl (C=O) groups excluding carboxylic acids is 1. The van der Waals surface area contributed by atoms with Gasteiger partial charge in [-0.2, -0.15) is 0 Å². The Balaban J connectivity index is 2.63. The standard InChI is InChI=1S/C16H23NO4/c1-4-8-17(9-5-2)15(18)11-21-13-6-7-14(16(19)20)12(3)10-13/h6-7,10H,4-5,8-9,11H2,1-3H3,(H,19,20). The number of benzene rings is 1. The van der Waals surface area contributed by atoms with Crippen molar-refractivity contribution in [2.45, 2.75) is 33.6 Å². The van der Waals surface area contributed by atoms with Gasteiger partial charge in [0.15, 0.2) is 6.61 Å². The van der Waals surface area contributed by atoms with Crippen molar-refractivity contribution < 1.29 is 19.4 Å². The van der Waals surface area contributed by atoms with E-state index in [1.165, 1.54) is 6.07 Å². The summed E-state index contributed by atoms with van der Waals surface area (Å²) >= 11 is 0. The van der Waals surface area contributed by atoms with Gasteiger partial charge < -0.3 is 14.7 Å². The number of ether oxygens (including phenoxy) is 1. The summed E-state index contributed by atoms with van der Waals surface area (Å²) in [4.78, 5) is 24.8. The smallest absolute Gasteiger partial charge is 0.335 e. The van der Waals surface area contributed by atoms with E-state index in [-0.39, 0.29) is 18.1 Å². The lowest BCUT2D eigenvalue weighted by Crippen LogP contribution is -2.36. The van der Waals surface area contributed by atoms with Crippen LogP contribution in [0.25, 0.3) is 0 Å². The van der Waals surface area contributed by atoms with Gasteiger partial charge in [-0.05, 0) is 43.5 Å². The Labute approximate surface area is 125 Å². The molecule has 1 aromatic carbocycles. The molecule has 0 saturated carbocycles. The van der Waals surface area contributed by atoms with Crippen LogP contribution in [0.2, 0.25) is 0 Å². The molecule has 1 rings (SSSR count). The first-order chi connectivity index (χ1) is 9.99. The molecule has 1 aromatic rings. The van der Waals surface area contributed by atoms with E-state index in [0.717, 1.165) is 25.9 Å². The topological polar surface area (TPSA) is 66.8 Å². The molecule has 1 amide bonds. The van der Waals surface area contributed by atoms with Crippen molar-refractivity contribution in [2.24, 2.45) is 0 Å². The lowest BCUT2D eigenvalue weighted by atomic mass is 10.1. The Morgan fingerprint density at radius 3 is 2.29 bits per heavy atom. The minimum atomic E-state index is -0.966. The number of rotatable bonds is 8. The summed E-state index contributed by atoms with van der Waals surface area (Å²) < 4.78 is 5.47. The van der Waals surface area contributed by atoms with Crippen LogP contribution in [0.3, 0.4) is 0 Å². The predicted molar refractivity (Wildman–Crippen MR) is 80.8 cm³/mol. The van der Waals surface area contributed by atoms with Gasteiger partial charge in [0, 0.05) is 13.1 Å². The molecular formula is C16H23NO4. The van der Waals surface area contributed by atoms with Crippen molar-refractivity contribution >= 4 is 11.9 Å². The molecule has 0 radical (unpaired) electrons. The van der Waals surface area contributed by atoms with Gasteiger partial charge in [-0.15, -0.1) is 0 Å². The quantitative estimate of drug-likeness (QED) is 0.800. The summed E-state index contributed by atoms with van der Waals surface area (Å²) in [6, 6.07) is 4.71. The lowest BCUT2D eigenvalue weighted by molar-refractivity contribution is -0.133. The first-order valence-electron chi connectivity index (χ1n) is 7.24. The first-order valence-corrected chi connectivity index (χ1v) is 7.24. The molecule has 0 aliphatic rings. The minimum absolute atomic E-state index is 0.0220. The number of nitrogens with zero attached hydrogens (tertiary/aromatic N) is 1. The Kier molecular flexibility index (Phi) is 6.72. The summed E-state index contributed by atoms with van der Waals surface area (Å²) in [6.45, 7) is 7.21. The fraction of sp³-hybridized carbons (Fsp3) is 0.500. The van der Waals surface area contributed by atoms with Crippen LogP contribution in [-0.2, 0) is 4.79 Å². The fourth-order valence-electron chi connectivity index (χ4n) is 2.10. The number of carboxylic acid groups (broad SMARTS) is 1. The Morgan fingerprint density at radius 1 is 1.19 bits per heavy atom. The van der Waals surface area contributed by atoms with Crippen LogP contribution in [0, 0.1) is 6.92 Å². The van der Waals surface area contributed by atoms with E-state index in [0.29, 0.717) is 11.3 Å². The van der Waals surface area contributed by atoms with Crippen LogP contribution < -0.4 is 4.74 Å². The van der Waals surface area contributed by atoms with E-state index in [9.17, 15) is 9.59 Å². The highest BCUT2D eigenvalue weighted by molar-refractivity contribution is 5.89. The van der Waals surface area contributed by atoms with Gasteiger partial charge >= 0.3 is 5.97 Å². The molecule has 21 heavy (non-hydrogen) atoms. The highest BCUT2D eigenvalue weighted by Gasteiger charge is 2.13. The van der Waals surface area contributed by atoms with Crippen LogP contribution in [0.4, 0.5) is 0 Å². The number of carbonyl (C=O) groups is 2. The second-order valence-corrected chi connectivity index (χ2v) is 4.95. The molecule has 0 aliphatic carbocycles. The number of aromatic carboxylic acids is 1. The monoisotopic (exact) mass is 293 g/mol. The molecule has 5 nitrogen and oxygen atoms in total. The Morgan fingerprint density at radius 2 is 1.81 bits per heavy atom. The van der Waals surface area contributed by atoms with Gasteiger partial charge in [0.2, 0.25) is 0 Å². The lowest BCUT2D eigenvalue weighted by Gasteiger charge is -2.21. The summed E-state index contributed by atoms with van der Waals surface area (Å²) in [5.74, 6) is -0.496. The van der Waals surface area contributed by atoms with Crippen molar-refractivity contribution in [3.63, 3.8) is 0 Å². The van der Waals surface area contributed by atoms with E-state index >= 15 is 0 Å². The third kappa shape index (κ3) is 5.10. The van der Waals surface area contributed by atoms with Crippen molar-refractivity contribution in [2.75, 3.05) is 19.7 Å². The number of aryl methyl sites for hydroxylation is 1. The van der Waals surface area contributed by atoms with E-state index in [4.69, 9.17) is 9.84 Å². The summed E-state index contributed by atoms with van der Waals surface area (Å²) in [6.07, 6.45) is 1.83. The Hall–Kier alpha value is -2.04. The molecule has 0 heterocycles. The fourth-order valence-corrected chi connectivity index (χ4v) is 2.10. The molecule has 116 valence electrons. The zero-order valence-electron chi connectivity index (χ0n) is 12.9. The maximum Gasteiger partial charge on any atom is 0.335 e. The summed E-state index contributed by atoms with van der Waals surface area (Å²) in [7, 11) is 0. The molecule has 0 unspecified atom stereocenters. The molecule has 1 N–H and O–H groups in total. The molecule has 0 aromatic heterocycles. The molecular weight excluding hydrogens is 270 g/mol. The van der Waals surface area contributed by atoms with E-state index < -0.39 is 5.97 Å². The molecule has 0 fully saturated rings. The van der Waals surface area contributed by atoms with Gasteiger partial charge in [-0.1, -0.05) is 13.8 Å². The predicted octanol–water partition coefficient (Wildman–Crippen LogP) is 2.72. The molecule has 0 saturated heterocycles. The maximum atomic E-state index is 12.1. The summed E-state index contributed by atoms with van der Waals surface area (Å²) in [5.41, 5.74) is 0.860. The Bertz CT molecular complexity index is 493. The number of amides is 1. The zero-order valence-corrected chi connectivity index (χ0v) is 12.9. The van der Waals surface area contributed by atoms with Crippen LogP contribution in [0.15, 0.2) is 18.2 Å². The van der Waals surface area contributed by atoms with Crippen molar-refractivity contribution in [1.29, 1.82) is 0 Å². The number of carboxylic acids is 1. The largest absolute Gasteiger partial charge is 0.484 e. The van der Waals surface area contributed by atoms with Crippen LogP contribution in [0.1, 0.15) is 42.6 Å². The third-order valence-corrected chi connectivity index (χ3v) is 3.13. The minimum Gasteiger partial charge on any atom is -0.484 e. The molecule has 0 spiro atoms. The van der Waals surface area contributed by atoms with Gasteiger partial charge in [0.1, 0.15) is 5.75 Å². The zero-order chi connectivity index (χ0) is 15.8. The van der Waals surface area contributed by atoms with E-state index in [1.807, 2.05) is 13.8 Å². The summed E-state index contributed by atoms with van der Waals surface area (Å²) in [5, 5.41) is 8.96. The van der Waals surface area contributed by atoms with Crippen LogP contribution >= 0.6 is 0 Å². The highest BCUT2D eigenvalue weighted by atomic mass is 16.5. The van der Waals surface area contributed by atoms with Crippen molar-refractivity contribution in [1.82, 2.24) is 4.90 Å². The van der Waals surface area contributed by atoms with Gasteiger partial charge in [-0.3, -0.25) is 4.79 Å². The molecule has 0 aliphatic heterocycles. The van der Waals surface area contributed by atoms with Crippen molar-refractivity contribution in [3.8, 4) is 5.75 Å². The second kappa shape index (κ2) is 8.29. The maximum absolute atomic E-state index is 12.1. The van der Waals surface area contributed by atoms with E-state index in [2.05, 4.69) is 0 Å². The van der Waals surface area contributed by atoms with Crippen molar-refractivity contribution in [3.05, 3.63) is 29.3 Å². The third-order valence-electron chi connectivity index (χ3n) is 3.13. The SMILES string of the molecule is CCCN(CCC)C(=O)COc1ccc(C(=O)O)c(C)c1. The molecule has 0 atom stereocenters. The molecule has 5 heteroatoms. The van der Waals surface area contributed by atoms with Gasteiger partial charge in [0.25, 0.3) is 5.91 Å². The average Bonchev–Trinajstić information content (AvgIpc) is 2.44. The number of hydrogen-bond acceptors (Lipinski definition) is 3. The van der Waals surface area contributed by atoms with E-state index in [1.54, 1.807) is 24.0 Å². The first kappa shape index (κ1) is 17.0. The highest BCUT2D eigenvalue weighted by Crippen LogP contribution is 2.17. The van der Waals surface area contributed by atoms with Gasteiger partial charge in [-0.25, -0.2) is 4.79 Å². The normalized spacial score (nSPS) is 10.2. The second-order valence-electron chi connectivity index (χ2n) is 4.95. The van der Waals surface area contributed by atoms with Crippen LogP contribution in [0.5, 0.6) is 5.75 Å². The number of hydrogen-bond donors (Lipinski definition) is 1. The van der Waals surface area contributed by atoms with Crippen LogP contribution in [-0.4, -0.2) is 41.6 Å². The average molecular weight is 293 g/mol. The van der Waals surface area contributed by atoms with Gasteiger partial charge in [0.05, 0.1) is 5.56 Å².